The number of nitrogens with one attached hydrogen (secondary N) is 1. The van der Waals surface area contributed by atoms with Crippen LogP contribution in [0.5, 0.6) is 0 Å². The van der Waals surface area contributed by atoms with E-state index in [1.54, 1.807) is 0 Å². The molecule has 1 aromatic heterocycles. The van der Waals surface area contributed by atoms with Crippen molar-refractivity contribution in [1.29, 1.82) is 0 Å². The second-order valence-corrected chi connectivity index (χ2v) is 8.53. The topological polar surface area (TPSA) is 53.1 Å². The van der Waals surface area contributed by atoms with Crippen LogP contribution in [0.15, 0.2) is 18.3 Å². The van der Waals surface area contributed by atoms with Gasteiger partial charge in [0.2, 0.25) is 0 Å². The summed E-state index contributed by atoms with van der Waals surface area (Å²) in [7, 11) is 0. The first-order valence-corrected chi connectivity index (χ1v) is 11.7. The first-order chi connectivity index (χ1) is 14.7. The van der Waals surface area contributed by atoms with Gasteiger partial charge in [-0.25, -0.2) is 4.98 Å². The summed E-state index contributed by atoms with van der Waals surface area (Å²) in [6, 6.07) is 5.32. The van der Waals surface area contributed by atoms with Crippen LogP contribution in [0, 0.1) is 0 Å². The average Bonchev–Trinajstić information content (AvgIpc) is 2.77. The summed E-state index contributed by atoms with van der Waals surface area (Å²) in [5, 5.41) is 3.38. The maximum Gasteiger partial charge on any atom is 0.128 e. The molecular weight excluding hydrogens is 378 g/mol. The number of piperazine rings is 2. The quantitative estimate of drug-likeness (QED) is 0.545. The van der Waals surface area contributed by atoms with Crippen molar-refractivity contribution in [1.82, 2.24) is 20.1 Å². The van der Waals surface area contributed by atoms with Crippen molar-refractivity contribution >= 4 is 5.82 Å². The number of ether oxygens (including phenoxy) is 2. The van der Waals surface area contributed by atoms with E-state index in [1.807, 2.05) is 6.20 Å². The third-order valence-corrected chi connectivity index (χ3v) is 6.27. The van der Waals surface area contributed by atoms with Crippen molar-refractivity contribution in [3.8, 4) is 0 Å². The molecule has 7 heteroatoms. The predicted octanol–water partition coefficient (Wildman–Crippen LogP) is 1.48. The average molecular weight is 420 g/mol. The third-order valence-electron chi connectivity index (χ3n) is 6.27. The monoisotopic (exact) mass is 419 g/mol. The van der Waals surface area contributed by atoms with Crippen LogP contribution in [0.3, 0.4) is 0 Å². The number of aryl methyl sites for hydroxylation is 1. The second kappa shape index (κ2) is 12.6. The van der Waals surface area contributed by atoms with Gasteiger partial charge in [-0.05, 0) is 38.0 Å². The maximum atomic E-state index is 5.85. The molecule has 7 nitrogen and oxygen atoms in total. The molecule has 2 fully saturated rings. The SMILES string of the molecule is CCc1ccnc(N2C[C@@H](C)N(CCOCCOCCN3CCNCC3)[C@@H](C)C2)c1. The van der Waals surface area contributed by atoms with Crippen LogP contribution in [-0.2, 0) is 15.9 Å². The highest BCUT2D eigenvalue weighted by molar-refractivity contribution is 5.42. The summed E-state index contributed by atoms with van der Waals surface area (Å²) < 4.78 is 11.6. The van der Waals surface area contributed by atoms with E-state index in [0.717, 1.165) is 77.8 Å². The number of hydrogen-bond acceptors (Lipinski definition) is 7. The summed E-state index contributed by atoms with van der Waals surface area (Å²) in [6.45, 7) is 18.2. The third kappa shape index (κ3) is 7.17. The Balaban J connectivity index is 1.28. The molecular formula is C23H41N5O2. The molecule has 170 valence electrons. The molecule has 3 heterocycles. The summed E-state index contributed by atoms with van der Waals surface area (Å²) in [5.74, 6) is 1.11. The molecule has 0 radical (unpaired) electrons. The Morgan fingerprint density at radius 1 is 1.00 bits per heavy atom. The van der Waals surface area contributed by atoms with Gasteiger partial charge in [-0.2, -0.15) is 0 Å². The molecule has 3 rings (SSSR count). The van der Waals surface area contributed by atoms with Crippen LogP contribution in [0.2, 0.25) is 0 Å². The van der Waals surface area contributed by atoms with Crippen molar-refractivity contribution < 1.29 is 9.47 Å². The molecule has 0 bridgehead atoms. The minimum absolute atomic E-state index is 0.486. The molecule has 30 heavy (non-hydrogen) atoms. The van der Waals surface area contributed by atoms with Crippen LogP contribution in [0.4, 0.5) is 5.82 Å². The van der Waals surface area contributed by atoms with Crippen molar-refractivity contribution in [2.45, 2.75) is 39.3 Å². The number of anilines is 1. The fraction of sp³-hybridized carbons (Fsp3) is 0.783. The van der Waals surface area contributed by atoms with Gasteiger partial charge < -0.3 is 19.7 Å². The number of rotatable bonds is 11. The normalized spacial score (nSPS) is 23.8. The summed E-state index contributed by atoms with van der Waals surface area (Å²) in [5.41, 5.74) is 1.35. The molecule has 2 atom stereocenters. The van der Waals surface area contributed by atoms with Crippen LogP contribution in [0.25, 0.3) is 0 Å². The van der Waals surface area contributed by atoms with Crippen molar-refractivity contribution in [3.05, 3.63) is 23.9 Å². The van der Waals surface area contributed by atoms with Crippen LogP contribution in [0.1, 0.15) is 26.3 Å². The minimum atomic E-state index is 0.486. The van der Waals surface area contributed by atoms with E-state index >= 15 is 0 Å². The zero-order valence-corrected chi connectivity index (χ0v) is 19.2. The molecule has 0 aromatic carbocycles. The Morgan fingerprint density at radius 3 is 2.33 bits per heavy atom. The van der Waals surface area contributed by atoms with Gasteiger partial charge in [-0.3, -0.25) is 9.80 Å². The van der Waals surface area contributed by atoms with Crippen LogP contribution >= 0.6 is 0 Å². The van der Waals surface area contributed by atoms with Gasteiger partial charge in [0.05, 0.1) is 26.4 Å². The summed E-state index contributed by atoms with van der Waals surface area (Å²) in [4.78, 5) is 12.1. The van der Waals surface area contributed by atoms with Crippen LogP contribution in [-0.4, -0.2) is 106 Å². The second-order valence-electron chi connectivity index (χ2n) is 8.53. The predicted molar refractivity (Wildman–Crippen MR) is 122 cm³/mol. The van der Waals surface area contributed by atoms with E-state index in [9.17, 15) is 0 Å². The lowest BCUT2D eigenvalue weighted by molar-refractivity contribution is 0.0194. The Labute approximate surface area is 182 Å². The number of nitrogens with zero attached hydrogens (tertiary/aromatic N) is 4. The molecule has 0 aliphatic carbocycles. The smallest absolute Gasteiger partial charge is 0.128 e. The summed E-state index contributed by atoms with van der Waals surface area (Å²) in [6.07, 6.45) is 2.99. The fourth-order valence-corrected chi connectivity index (χ4v) is 4.46. The lowest BCUT2D eigenvalue weighted by atomic mass is 10.1. The zero-order valence-electron chi connectivity index (χ0n) is 19.2. The highest BCUT2D eigenvalue weighted by Crippen LogP contribution is 2.21. The Morgan fingerprint density at radius 2 is 1.67 bits per heavy atom. The number of hydrogen-bond donors (Lipinski definition) is 1. The van der Waals surface area contributed by atoms with Crippen molar-refractivity contribution in [3.63, 3.8) is 0 Å². The molecule has 0 saturated carbocycles. The van der Waals surface area contributed by atoms with Gasteiger partial charge in [0.25, 0.3) is 0 Å². The molecule has 0 unspecified atom stereocenters. The largest absolute Gasteiger partial charge is 0.378 e. The van der Waals surface area contributed by atoms with E-state index in [1.165, 1.54) is 5.56 Å². The molecule has 1 aromatic rings. The van der Waals surface area contributed by atoms with Gasteiger partial charge in [0.1, 0.15) is 5.82 Å². The van der Waals surface area contributed by atoms with Crippen LogP contribution < -0.4 is 10.2 Å². The first kappa shape index (κ1) is 23.4. The Hall–Kier alpha value is -1.25. The van der Waals surface area contributed by atoms with Gasteiger partial charge in [-0.1, -0.05) is 6.92 Å². The van der Waals surface area contributed by atoms with Gasteiger partial charge in [0.15, 0.2) is 0 Å². The molecule has 0 spiro atoms. The highest BCUT2D eigenvalue weighted by Gasteiger charge is 2.29. The van der Waals surface area contributed by atoms with E-state index < -0.39 is 0 Å². The van der Waals surface area contributed by atoms with E-state index in [2.05, 4.69) is 57.9 Å². The summed E-state index contributed by atoms with van der Waals surface area (Å²) >= 11 is 0. The fourth-order valence-electron chi connectivity index (χ4n) is 4.46. The highest BCUT2D eigenvalue weighted by atomic mass is 16.5. The molecule has 0 amide bonds. The van der Waals surface area contributed by atoms with E-state index in [4.69, 9.17) is 9.47 Å². The van der Waals surface area contributed by atoms with Gasteiger partial charge in [0, 0.05) is 70.6 Å². The molecule has 2 aliphatic rings. The maximum absolute atomic E-state index is 5.85. The molecule has 2 aliphatic heterocycles. The zero-order chi connectivity index (χ0) is 21.2. The van der Waals surface area contributed by atoms with Gasteiger partial charge >= 0.3 is 0 Å². The standard InChI is InChI=1S/C23H41N5O2/c1-4-22-5-6-25-23(17-22)27-18-20(2)28(21(3)19-27)12-14-30-16-15-29-13-11-26-9-7-24-8-10-26/h5-6,17,20-21,24H,4,7-16,18-19H2,1-3H3/t20-,21+. The number of pyridine rings is 1. The van der Waals surface area contributed by atoms with Crippen molar-refractivity contribution in [2.75, 3.05) is 83.7 Å². The number of aromatic nitrogens is 1. The van der Waals surface area contributed by atoms with E-state index in [-0.39, 0.29) is 0 Å². The lowest BCUT2D eigenvalue weighted by Crippen LogP contribution is -2.57. The minimum Gasteiger partial charge on any atom is -0.378 e. The Bertz CT molecular complexity index is 599. The van der Waals surface area contributed by atoms with Crippen molar-refractivity contribution in [2.24, 2.45) is 0 Å². The Kier molecular flexibility index (Phi) is 9.81. The molecule has 1 N–H and O–H groups in total. The van der Waals surface area contributed by atoms with E-state index in [0.29, 0.717) is 25.3 Å². The molecule has 2 saturated heterocycles. The van der Waals surface area contributed by atoms with Gasteiger partial charge in [-0.15, -0.1) is 0 Å². The first-order valence-electron chi connectivity index (χ1n) is 11.7. The lowest BCUT2D eigenvalue weighted by Gasteiger charge is -2.45.